The van der Waals surface area contributed by atoms with Crippen LogP contribution < -0.4 is 10.6 Å². The molecule has 1 fully saturated rings. The topological polar surface area (TPSA) is 84.0 Å². The molecule has 0 spiro atoms. The molecule has 1 atom stereocenters. The van der Waals surface area contributed by atoms with Crippen LogP contribution in [0.5, 0.6) is 0 Å². The van der Waals surface area contributed by atoms with Gasteiger partial charge in [-0.1, -0.05) is 48.2 Å². The fourth-order valence-corrected chi connectivity index (χ4v) is 5.05. The van der Waals surface area contributed by atoms with Crippen molar-refractivity contribution in [2.75, 3.05) is 18.8 Å². The van der Waals surface area contributed by atoms with E-state index < -0.39 is 0 Å². The van der Waals surface area contributed by atoms with Gasteiger partial charge in [-0.3, -0.25) is 9.59 Å². The maximum atomic E-state index is 11.9. The fraction of sp³-hybridized carbons (Fsp3) is 0.692. The van der Waals surface area contributed by atoms with Gasteiger partial charge in [0.2, 0.25) is 11.8 Å². The van der Waals surface area contributed by atoms with Crippen LogP contribution in [0.1, 0.15) is 32.6 Å². The largest absolute Gasteiger partial charge is 0.355 e. The minimum atomic E-state index is -0.0823. The van der Waals surface area contributed by atoms with E-state index in [-0.39, 0.29) is 17.1 Å². The maximum absolute atomic E-state index is 11.9. The van der Waals surface area contributed by atoms with E-state index in [4.69, 9.17) is 0 Å². The predicted octanol–water partition coefficient (Wildman–Crippen LogP) is 1.92. The van der Waals surface area contributed by atoms with Crippen molar-refractivity contribution in [2.24, 2.45) is 0 Å². The Bertz CT molecular complexity index is 509. The van der Waals surface area contributed by atoms with Crippen molar-refractivity contribution in [1.29, 1.82) is 0 Å². The third-order valence-electron chi connectivity index (χ3n) is 3.01. The normalized spacial score (nSPS) is 18.6. The molecule has 0 bridgehead atoms. The van der Waals surface area contributed by atoms with Gasteiger partial charge in [0.25, 0.3) is 0 Å². The van der Waals surface area contributed by atoms with Crippen LogP contribution in [0, 0.1) is 0 Å². The Hall–Kier alpha value is -0.800. The van der Waals surface area contributed by atoms with Crippen LogP contribution in [0.15, 0.2) is 8.68 Å². The summed E-state index contributed by atoms with van der Waals surface area (Å²) in [6.45, 7) is 3.48. The van der Waals surface area contributed by atoms with Crippen molar-refractivity contribution in [3.05, 3.63) is 0 Å². The van der Waals surface area contributed by atoms with Gasteiger partial charge in [-0.2, -0.15) is 0 Å². The average molecular weight is 361 g/mol. The van der Waals surface area contributed by atoms with E-state index in [1.165, 1.54) is 34.9 Å². The summed E-state index contributed by atoms with van der Waals surface area (Å²) in [6, 6.07) is 0. The highest BCUT2D eigenvalue weighted by Crippen LogP contribution is 2.33. The van der Waals surface area contributed by atoms with Crippen molar-refractivity contribution in [1.82, 2.24) is 20.8 Å². The number of carbonyl (C=O) groups is 2. The zero-order chi connectivity index (χ0) is 15.8. The SMILES string of the molecule is CCCNC(=O)CSc1nnc(SC2CCCCNC2=O)s1. The van der Waals surface area contributed by atoms with Gasteiger partial charge in [-0.25, -0.2) is 0 Å². The summed E-state index contributed by atoms with van der Waals surface area (Å²) in [5.41, 5.74) is 0. The molecule has 2 rings (SSSR count). The van der Waals surface area contributed by atoms with Gasteiger partial charge in [0.05, 0.1) is 11.0 Å². The van der Waals surface area contributed by atoms with Gasteiger partial charge < -0.3 is 10.6 Å². The molecule has 0 radical (unpaired) electrons. The summed E-state index contributed by atoms with van der Waals surface area (Å²) in [5.74, 6) is 0.452. The van der Waals surface area contributed by atoms with Gasteiger partial charge in [0.15, 0.2) is 8.68 Å². The van der Waals surface area contributed by atoms with E-state index in [0.29, 0.717) is 12.3 Å². The number of carbonyl (C=O) groups excluding carboxylic acids is 2. The summed E-state index contributed by atoms with van der Waals surface area (Å²) in [7, 11) is 0. The Morgan fingerprint density at radius 1 is 1.41 bits per heavy atom. The second-order valence-corrected chi connectivity index (χ2v) is 8.52. The molecule has 1 aliphatic heterocycles. The van der Waals surface area contributed by atoms with E-state index in [0.717, 1.165) is 40.9 Å². The number of hydrogen-bond acceptors (Lipinski definition) is 7. The maximum Gasteiger partial charge on any atom is 0.233 e. The van der Waals surface area contributed by atoms with Crippen molar-refractivity contribution in [2.45, 2.75) is 46.5 Å². The van der Waals surface area contributed by atoms with Crippen LogP contribution in [0.3, 0.4) is 0 Å². The number of thioether (sulfide) groups is 2. The van der Waals surface area contributed by atoms with Gasteiger partial charge in [0.1, 0.15) is 0 Å². The molecule has 22 heavy (non-hydrogen) atoms. The standard InChI is InChI=1S/C13H20N4O2S3/c1-2-6-14-10(18)8-20-12-16-17-13(22-12)21-9-5-3-4-7-15-11(9)19/h9H,2-8H2,1H3,(H,14,18)(H,15,19). The lowest BCUT2D eigenvalue weighted by Gasteiger charge is -2.09. The Kier molecular flexibility index (Phi) is 7.47. The second kappa shape index (κ2) is 9.36. The Morgan fingerprint density at radius 2 is 2.23 bits per heavy atom. The third-order valence-corrected chi connectivity index (χ3v) is 6.42. The third kappa shape index (κ3) is 5.77. The highest BCUT2D eigenvalue weighted by Gasteiger charge is 2.23. The van der Waals surface area contributed by atoms with Crippen LogP contribution in [0.4, 0.5) is 0 Å². The molecule has 1 unspecified atom stereocenters. The first-order chi connectivity index (χ1) is 10.7. The van der Waals surface area contributed by atoms with Gasteiger partial charge >= 0.3 is 0 Å². The highest BCUT2D eigenvalue weighted by atomic mass is 32.2. The predicted molar refractivity (Wildman–Crippen MR) is 90.4 cm³/mol. The average Bonchev–Trinajstić information content (AvgIpc) is 2.87. The summed E-state index contributed by atoms with van der Waals surface area (Å²) in [4.78, 5) is 23.5. The Morgan fingerprint density at radius 3 is 3.05 bits per heavy atom. The fourth-order valence-electron chi connectivity index (χ4n) is 1.89. The summed E-state index contributed by atoms with van der Waals surface area (Å²) in [5, 5.41) is 13.9. The molecule has 1 aromatic rings. The summed E-state index contributed by atoms with van der Waals surface area (Å²) >= 11 is 4.30. The van der Waals surface area contributed by atoms with E-state index in [1.807, 2.05) is 6.92 Å². The van der Waals surface area contributed by atoms with Crippen molar-refractivity contribution < 1.29 is 9.59 Å². The highest BCUT2D eigenvalue weighted by molar-refractivity contribution is 8.04. The molecule has 0 aliphatic carbocycles. The second-order valence-electron chi connectivity index (χ2n) is 4.87. The van der Waals surface area contributed by atoms with Crippen LogP contribution in [0.2, 0.25) is 0 Å². The van der Waals surface area contributed by atoms with Crippen molar-refractivity contribution in [3.8, 4) is 0 Å². The van der Waals surface area contributed by atoms with Crippen LogP contribution in [-0.2, 0) is 9.59 Å². The molecule has 1 aromatic heterocycles. The number of aromatic nitrogens is 2. The molecule has 1 aliphatic rings. The molecular weight excluding hydrogens is 340 g/mol. The van der Waals surface area contributed by atoms with Gasteiger partial charge in [-0.05, 0) is 19.3 Å². The van der Waals surface area contributed by atoms with E-state index in [1.54, 1.807) is 0 Å². The molecule has 2 N–H and O–H groups in total. The van der Waals surface area contributed by atoms with E-state index in [2.05, 4.69) is 20.8 Å². The number of amides is 2. The van der Waals surface area contributed by atoms with Crippen molar-refractivity contribution >= 4 is 46.7 Å². The molecule has 2 amide bonds. The quantitative estimate of drug-likeness (QED) is 0.723. The van der Waals surface area contributed by atoms with Crippen LogP contribution in [-0.4, -0.2) is 46.1 Å². The number of rotatable bonds is 7. The molecule has 2 heterocycles. The smallest absolute Gasteiger partial charge is 0.233 e. The molecule has 0 aromatic carbocycles. The van der Waals surface area contributed by atoms with Crippen molar-refractivity contribution in [3.63, 3.8) is 0 Å². The zero-order valence-corrected chi connectivity index (χ0v) is 14.9. The lowest BCUT2D eigenvalue weighted by molar-refractivity contribution is -0.120. The first-order valence-electron chi connectivity index (χ1n) is 7.36. The number of hydrogen-bond donors (Lipinski definition) is 2. The van der Waals surface area contributed by atoms with E-state index >= 15 is 0 Å². The van der Waals surface area contributed by atoms with Crippen LogP contribution >= 0.6 is 34.9 Å². The molecule has 1 saturated heterocycles. The number of nitrogens with one attached hydrogen (secondary N) is 2. The van der Waals surface area contributed by atoms with Gasteiger partial charge in [0, 0.05) is 13.1 Å². The summed E-state index contributed by atoms with van der Waals surface area (Å²) in [6.07, 6.45) is 3.89. The molecule has 6 nitrogen and oxygen atoms in total. The number of nitrogens with zero attached hydrogens (tertiary/aromatic N) is 2. The first kappa shape index (κ1) is 17.6. The lowest BCUT2D eigenvalue weighted by Crippen LogP contribution is -2.30. The minimum absolute atomic E-state index is 0.0133. The first-order valence-corrected chi connectivity index (χ1v) is 10.0. The summed E-state index contributed by atoms with van der Waals surface area (Å²) < 4.78 is 1.56. The van der Waals surface area contributed by atoms with Crippen LogP contribution in [0.25, 0.3) is 0 Å². The Balaban J connectivity index is 1.80. The van der Waals surface area contributed by atoms with Gasteiger partial charge in [-0.15, -0.1) is 10.2 Å². The lowest BCUT2D eigenvalue weighted by atomic mass is 10.2. The molecule has 122 valence electrons. The molecule has 0 saturated carbocycles. The minimum Gasteiger partial charge on any atom is -0.355 e. The zero-order valence-electron chi connectivity index (χ0n) is 12.5. The molecular formula is C13H20N4O2S3. The monoisotopic (exact) mass is 360 g/mol. The van der Waals surface area contributed by atoms with E-state index in [9.17, 15) is 9.59 Å². The Labute approximate surface area is 142 Å². The molecule has 9 heteroatoms.